The lowest BCUT2D eigenvalue weighted by atomic mass is 10.1. The maximum Gasteiger partial charge on any atom is 0.255 e. The smallest absolute Gasteiger partial charge is 0.255 e. The molecule has 100 valence electrons. The molecule has 0 aliphatic heterocycles. The second kappa shape index (κ2) is 5.45. The molecule has 0 unspecified atom stereocenters. The Labute approximate surface area is 112 Å². The molecule has 20 heavy (non-hydrogen) atoms. The summed E-state index contributed by atoms with van der Waals surface area (Å²) in [5, 5.41) is 10.9. The van der Waals surface area contributed by atoms with Crippen LogP contribution in [0.25, 0.3) is 0 Å². The van der Waals surface area contributed by atoms with Crippen LogP contribution in [0.2, 0.25) is 0 Å². The van der Waals surface area contributed by atoms with Gasteiger partial charge >= 0.3 is 0 Å². The monoisotopic (exact) mass is 276 g/mol. The highest BCUT2D eigenvalue weighted by molar-refractivity contribution is 6.04. The van der Waals surface area contributed by atoms with Crippen molar-refractivity contribution in [1.29, 1.82) is 5.26 Å². The van der Waals surface area contributed by atoms with Crippen molar-refractivity contribution in [3.05, 3.63) is 65.0 Å². The molecule has 0 saturated carbocycles. The summed E-state index contributed by atoms with van der Waals surface area (Å²) in [6, 6.07) is 8.97. The topological polar surface area (TPSA) is 52.9 Å². The van der Waals surface area contributed by atoms with E-state index in [4.69, 9.17) is 5.26 Å². The average Bonchev–Trinajstić information content (AvgIpc) is 2.44. The summed E-state index contributed by atoms with van der Waals surface area (Å²) < 4.78 is 38.8. The Morgan fingerprint density at radius 1 is 1.10 bits per heavy atom. The van der Waals surface area contributed by atoms with Crippen LogP contribution in [0.15, 0.2) is 36.4 Å². The van der Waals surface area contributed by atoms with Crippen molar-refractivity contribution in [3.63, 3.8) is 0 Å². The van der Waals surface area contributed by atoms with E-state index >= 15 is 0 Å². The normalized spacial score (nSPS) is 9.90. The van der Waals surface area contributed by atoms with Crippen molar-refractivity contribution in [2.24, 2.45) is 0 Å². The van der Waals surface area contributed by atoms with Gasteiger partial charge in [-0.2, -0.15) is 5.26 Å². The summed E-state index contributed by atoms with van der Waals surface area (Å²) in [5.74, 6) is -5.06. The fourth-order valence-corrected chi connectivity index (χ4v) is 1.56. The average molecular weight is 276 g/mol. The number of nitrogens with one attached hydrogen (secondary N) is 1. The summed E-state index contributed by atoms with van der Waals surface area (Å²) in [4.78, 5) is 11.8. The minimum Gasteiger partial charge on any atom is -0.322 e. The SMILES string of the molecule is N#Cc1cccc(C(=O)Nc2cc(F)c(F)c(F)c2)c1. The molecule has 0 saturated heterocycles. The van der Waals surface area contributed by atoms with Gasteiger partial charge in [-0.05, 0) is 18.2 Å². The van der Waals surface area contributed by atoms with Crippen molar-refractivity contribution in [1.82, 2.24) is 0 Å². The number of halogens is 3. The van der Waals surface area contributed by atoms with Gasteiger partial charge in [0, 0.05) is 23.4 Å². The first kappa shape index (κ1) is 13.6. The molecule has 0 aliphatic carbocycles. The molecular formula is C14H7F3N2O. The van der Waals surface area contributed by atoms with Crippen LogP contribution in [-0.4, -0.2) is 5.91 Å². The first-order chi connectivity index (χ1) is 9.51. The molecule has 0 atom stereocenters. The first-order valence-electron chi connectivity index (χ1n) is 5.47. The maximum atomic E-state index is 13.0. The summed E-state index contributed by atoms with van der Waals surface area (Å²) >= 11 is 0. The van der Waals surface area contributed by atoms with Gasteiger partial charge in [0.2, 0.25) is 0 Å². The third kappa shape index (κ3) is 2.78. The van der Waals surface area contributed by atoms with Crippen molar-refractivity contribution in [2.75, 3.05) is 5.32 Å². The molecule has 3 nitrogen and oxygen atoms in total. The lowest BCUT2D eigenvalue weighted by Gasteiger charge is -2.06. The molecular weight excluding hydrogens is 269 g/mol. The number of rotatable bonds is 2. The number of nitriles is 1. The highest BCUT2D eigenvalue weighted by Crippen LogP contribution is 2.18. The molecule has 0 radical (unpaired) electrons. The first-order valence-corrected chi connectivity index (χ1v) is 5.47. The summed E-state index contributed by atoms with van der Waals surface area (Å²) in [7, 11) is 0. The molecule has 0 fully saturated rings. The zero-order chi connectivity index (χ0) is 14.7. The Balaban J connectivity index is 2.26. The molecule has 2 aromatic rings. The zero-order valence-corrected chi connectivity index (χ0v) is 9.95. The van der Waals surface area contributed by atoms with Gasteiger partial charge in [0.05, 0.1) is 11.6 Å². The van der Waals surface area contributed by atoms with Gasteiger partial charge in [-0.3, -0.25) is 4.79 Å². The van der Waals surface area contributed by atoms with E-state index in [1.807, 2.05) is 6.07 Å². The molecule has 2 rings (SSSR count). The minimum atomic E-state index is -1.60. The Bertz CT molecular complexity index is 700. The molecule has 2 aromatic carbocycles. The van der Waals surface area contributed by atoms with E-state index < -0.39 is 23.4 Å². The molecule has 0 heterocycles. The number of hydrogen-bond donors (Lipinski definition) is 1. The lowest BCUT2D eigenvalue weighted by molar-refractivity contribution is 0.102. The fourth-order valence-electron chi connectivity index (χ4n) is 1.56. The molecule has 6 heteroatoms. The molecule has 0 bridgehead atoms. The fraction of sp³-hybridized carbons (Fsp3) is 0. The van der Waals surface area contributed by atoms with Gasteiger partial charge in [-0.1, -0.05) is 6.07 Å². The van der Waals surface area contributed by atoms with Crippen LogP contribution in [0, 0.1) is 28.8 Å². The van der Waals surface area contributed by atoms with Crippen molar-refractivity contribution in [2.45, 2.75) is 0 Å². The Morgan fingerprint density at radius 3 is 2.35 bits per heavy atom. The van der Waals surface area contributed by atoms with Crippen molar-refractivity contribution < 1.29 is 18.0 Å². The number of carbonyl (C=O) groups is 1. The van der Waals surface area contributed by atoms with Gasteiger partial charge in [-0.15, -0.1) is 0 Å². The zero-order valence-electron chi connectivity index (χ0n) is 9.95. The largest absolute Gasteiger partial charge is 0.322 e. The van der Waals surface area contributed by atoms with Gasteiger partial charge in [-0.25, -0.2) is 13.2 Å². The summed E-state index contributed by atoms with van der Waals surface area (Å²) in [5.41, 5.74) is 0.206. The van der Waals surface area contributed by atoms with Gasteiger partial charge in [0.1, 0.15) is 0 Å². The Hall–Kier alpha value is -2.81. The third-order valence-electron chi connectivity index (χ3n) is 2.50. The van der Waals surface area contributed by atoms with E-state index in [1.54, 1.807) is 0 Å². The quantitative estimate of drug-likeness (QED) is 0.856. The van der Waals surface area contributed by atoms with Crippen LogP contribution in [-0.2, 0) is 0 Å². The second-order valence-electron chi connectivity index (χ2n) is 3.90. The van der Waals surface area contributed by atoms with E-state index in [-0.39, 0.29) is 16.8 Å². The van der Waals surface area contributed by atoms with Crippen LogP contribution >= 0.6 is 0 Å². The Kier molecular flexibility index (Phi) is 3.71. The number of benzene rings is 2. The van der Waals surface area contributed by atoms with Crippen LogP contribution in [0.1, 0.15) is 15.9 Å². The van der Waals surface area contributed by atoms with Crippen LogP contribution in [0.5, 0.6) is 0 Å². The number of carbonyl (C=O) groups excluding carboxylic acids is 1. The van der Waals surface area contributed by atoms with E-state index in [2.05, 4.69) is 5.32 Å². The third-order valence-corrected chi connectivity index (χ3v) is 2.50. The molecule has 0 spiro atoms. The highest BCUT2D eigenvalue weighted by atomic mass is 19.2. The van der Waals surface area contributed by atoms with Crippen molar-refractivity contribution in [3.8, 4) is 6.07 Å². The van der Waals surface area contributed by atoms with E-state index in [1.165, 1.54) is 24.3 Å². The lowest BCUT2D eigenvalue weighted by Crippen LogP contribution is -2.12. The molecule has 0 aliphatic rings. The van der Waals surface area contributed by atoms with Gasteiger partial charge in [0.25, 0.3) is 5.91 Å². The van der Waals surface area contributed by atoms with Gasteiger partial charge < -0.3 is 5.32 Å². The predicted molar refractivity (Wildman–Crippen MR) is 65.4 cm³/mol. The standard InChI is InChI=1S/C14H7F3N2O/c15-11-5-10(6-12(16)13(11)17)19-14(20)9-3-1-2-8(4-9)7-18/h1-6H,(H,19,20). The molecule has 1 amide bonds. The summed E-state index contributed by atoms with van der Waals surface area (Å²) in [6.45, 7) is 0. The second-order valence-corrected chi connectivity index (χ2v) is 3.90. The van der Waals surface area contributed by atoms with Crippen molar-refractivity contribution >= 4 is 11.6 Å². The van der Waals surface area contributed by atoms with Gasteiger partial charge in [0.15, 0.2) is 17.5 Å². The van der Waals surface area contributed by atoms with Crippen LogP contribution < -0.4 is 5.32 Å². The maximum absolute atomic E-state index is 13.0. The van der Waals surface area contributed by atoms with E-state index in [9.17, 15) is 18.0 Å². The number of anilines is 1. The van der Waals surface area contributed by atoms with Crippen LogP contribution in [0.3, 0.4) is 0 Å². The minimum absolute atomic E-state index is 0.147. The number of amides is 1. The molecule has 0 aromatic heterocycles. The number of hydrogen-bond acceptors (Lipinski definition) is 2. The highest BCUT2D eigenvalue weighted by Gasteiger charge is 2.13. The summed E-state index contributed by atoms with van der Waals surface area (Å²) in [6.07, 6.45) is 0. The van der Waals surface area contributed by atoms with Crippen LogP contribution in [0.4, 0.5) is 18.9 Å². The van der Waals surface area contributed by atoms with E-state index in [0.29, 0.717) is 12.1 Å². The Morgan fingerprint density at radius 2 is 1.75 bits per heavy atom. The van der Waals surface area contributed by atoms with E-state index in [0.717, 1.165) is 0 Å². The molecule has 1 N–H and O–H groups in total. The predicted octanol–water partition coefficient (Wildman–Crippen LogP) is 3.23. The number of nitrogens with zero attached hydrogens (tertiary/aromatic N) is 1.